The van der Waals surface area contributed by atoms with Crippen molar-refractivity contribution in [2.24, 2.45) is 0 Å². The van der Waals surface area contributed by atoms with Gasteiger partial charge in [0.15, 0.2) is 0 Å². The van der Waals surface area contributed by atoms with E-state index in [1.165, 1.54) is 99.4 Å². The van der Waals surface area contributed by atoms with Crippen LogP contribution in [0.2, 0.25) is 0 Å². The van der Waals surface area contributed by atoms with Crippen molar-refractivity contribution in [3.63, 3.8) is 0 Å². The maximum atomic E-state index is 4.85. The Morgan fingerprint density at radius 1 is 0.500 bits per heavy atom. The molecule has 0 aliphatic carbocycles. The fourth-order valence-electron chi connectivity index (χ4n) is 4.85. The van der Waals surface area contributed by atoms with Crippen molar-refractivity contribution >= 4 is 0 Å². The van der Waals surface area contributed by atoms with Crippen molar-refractivity contribution in [3.8, 4) is 22.4 Å². The van der Waals surface area contributed by atoms with Gasteiger partial charge in [-0.15, -0.1) is 5.10 Å². The van der Waals surface area contributed by atoms with Crippen LogP contribution in [0.5, 0.6) is 0 Å². The molecular formula is C32H44N2. The molecule has 34 heavy (non-hydrogen) atoms. The van der Waals surface area contributed by atoms with Crippen molar-refractivity contribution in [1.82, 2.24) is 10.2 Å². The largest absolute Gasteiger partial charge is 0.155 e. The first-order chi connectivity index (χ1) is 16.8. The van der Waals surface area contributed by atoms with Crippen LogP contribution in [0.15, 0.2) is 60.7 Å². The first-order valence-corrected chi connectivity index (χ1v) is 13.8. The van der Waals surface area contributed by atoms with E-state index in [0.29, 0.717) is 0 Å². The van der Waals surface area contributed by atoms with Crippen LogP contribution in [0, 0.1) is 0 Å². The van der Waals surface area contributed by atoms with E-state index in [2.05, 4.69) is 74.5 Å². The number of benzene rings is 2. The van der Waals surface area contributed by atoms with E-state index in [9.17, 15) is 0 Å². The molecule has 0 radical (unpaired) electrons. The Morgan fingerprint density at radius 3 is 1.59 bits per heavy atom. The number of rotatable bonds is 16. The van der Waals surface area contributed by atoms with Crippen molar-refractivity contribution in [1.29, 1.82) is 0 Å². The van der Waals surface area contributed by atoms with Crippen LogP contribution >= 0.6 is 0 Å². The molecule has 2 heteroatoms. The lowest BCUT2D eigenvalue weighted by Gasteiger charge is -2.18. The molecule has 0 amide bonds. The summed E-state index contributed by atoms with van der Waals surface area (Å²) in [6, 6.07) is 21.5. The molecule has 0 aliphatic heterocycles. The number of aromatic nitrogens is 2. The molecule has 0 fully saturated rings. The second kappa shape index (κ2) is 15.4. The minimum atomic E-state index is 1.03. The van der Waals surface area contributed by atoms with E-state index < -0.39 is 0 Å². The Balaban J connectivity index is 1.89. The molecule has 3 rings (SSSR count). The van der Waals surface area contributed by atoms with Gasteiger partial charge in [-0.3, -0.25) is 0 Å². The number of hydrogen-bond donors (Lipinski definition) is 0. The summed E-state index contributed by atoms with van der Waals surface area (Å²) >= 11 is 0. The average Bonchev–Trinajstić information content (AvgIpc) is 2.89. The van der Waals surface area contributed by atoms with Crippen LogP contribution in [0.3, 0.4) is 0 Å². The predicted octanol–water partition coefficient (Wildman–Crippen LogP) is 9.62. The molecule has 182 valence electrons. The Morgan fingerprint density at radius 2 is 1.00 bits per heavy atom. The number of hydrogen-bond acceptors (Lipinski definition) is 2. The number of aryl methyl sites for hydroxylation is 1. The average molecular weight is 457 g/mol. The maximum Gasteiger partial charge on any atom is 0.101 e. The van der Waals surface area contributed by atoms with Crippen molar-refractivity contribution in [2.45, 2.75) is 104 Å². The van der Waals surface area contributed by atoms with Gasteiger partial charge in [-0.05, 0) is 36.8 Å². The summed E-state index contributed by atoms with van der Waals surface area (Å²) in [5.41, 5.74) is 7.41. The highest BCUT2D eigenvalue weighted by Gasteiger charge is 2.19. The van der Waals surface area contributed by atoms with E-state index in [-0.39, 0.29) is 0 Å². The molecule has 1 heterocycles. The normalized spacial score (nSPS) is 11.1. The smallest absolute Gasteiger partial charge is 0.101 e. The monoisotopic (exact) mass is 456 g/mol. The molecule has 2 nitrogen and oxygen atoms in total. The van der Waals surface area contributed by atoms with Crippen LogP contribution in [-0.2, 0) is 12.8 Å². The molecule has 0 saturated carbocycles. The van der Waals surface area contributed by atoms with Gasteiger partial charge in [0.05, 0.1) is 5.69 Å². The summed E-state index contributed by atoms with van der Waals surface area (Å²) in [4.78, 5) is 0. The van der Waals surface area contributed by atoms with Gasteiger partial charge < -0.3 is 0 Å². The van der Waals surface area contributed by atoms with Gasteiger partial charge in [0, 0.05) is 11.1 Å². The first kappa shape index (κ1) is 26.1. The van der Waals surface area contributed by atoms with Crippen molar-refractivity contribution in [3.05, 3.63) is 71.9 Å². The Bertz CT molecular complexity index is 934. The lowest BCUT2D eigenvalue weighted by molar-refractivity contribution is 0.594. The summed E-state index contributed by atoms with van der Waals surface area (Å²) in [7, 11) is 0. The summed E-state index contributed by atoms with van der Waals surface area (Å²) in [5, 5.41) is 9.69. The zero-order valence-electron chi connectivity index (χ0n) is 21.6. The van der Waals surface area contributed by atoms with Gasteiger partial charge in [0.1, 0.15) is 5.69 Å². The van der Waals surface area contributed by atoms with Gasteiger partial charge in [-0.2, -0.15) is 5.10 Å². The van der Waals surface area contributed by atoms with E-state index in [1.54, 1.807) is 0 Å². The fourth-order valence-corrected chi connectivity index (χ4v) is 4.85. The summed E-state index contributed by atoms with van der Waals surface area (Å²) in [5.74, 6) is 0. The van der Waals surface area contributed by atoms with Gasteiger partial charge in [0.25, 0.3) is 0 Å². The summed E-state index contributed by atoms with van der Waals surface area (Å²) in [6.45, 7) is 4.57. The van der Waals surface area contributed by atoms with Crippen LogP contribution in [0.4, 0.5) is 0 Å². The van der Waals surface area contributed by atoms with Crippen LogP contribution in [0.1, 0.15) is 102 Å². The van der Waals surface area contributed by atoms with E-state index in [4.69, 9.17) is 10.2 Å². The summed E-state index contributed by atoms with van der Waals surface area (Å²) < 4.78 is 0. The standard InChI is InChI=1S/C32H44N2/c1-3-5-7-9-11-19-25-29-30(26-20-12-10-8-6-4-2)33-34-32(28-23-17-14-18-24-28)31(29)27-21-15-13-16-22-27/h13-18,21-24H,3-12,19-20,25-26H2,1-2H3. The Kier molecular flexibility index (Phi) is 11.9. The Hall–Kier alpha value is -2.48. The quantitative estimate of drug-likeness (QED) is 0.200. The molecule has 0 bridgehead atoms. The van der Waals surface area contributed by atoms with Gasteiger partial charge in [-0.25, -0.2) is 0 Å². The molecule has 0 aliphatic rings. The molecule has 1 aromatic heterocycles. The third-order valence-electron chi connectivity index (χ3n) is 6.81. The van der Waals surface area contributed by atoms with E-state index >= 15 is 0 Å². The third kappa shape index (κ3) is 8.08. The molecule has 3 aromatic rings. The molecule has 0 spiro atoms. The van der Waals surface area contributed by atoms with Gasteiger partial charge >= 0.3 is 0 Å². The topological polar surface area (TPSA) is 25.8 Å². The SMILES string of the molecule is CCCCCCCCc1nnc(-c2ccccc2)c(-c2ccccc2)c1CCCCCCCC. The van der Waals surface area contributed by atoms with Crippen molar-refractivity contribution in [2.75, 3.05) is 0 Å². The van der Waals surface area contributed by atoms with E-state index in [0.717, 1.165) is 24.1 Å². The second-order valence-electron chi connectivity index (χ2n) is 9.62. The van der Waals surface area contributed by atoms with Crippen LogP contribution < -0.4 is 0 Å². The van der Waals surface area contributed by atoms with Gasteiger partial charge in [-0.1, -0.05) is 139 Å². The highest BCUT2D eigenvalue weighted by atomic mass is 15.1. The minimum absolute atomic E-state index is 1.03. The predicted molar refractivity (Wildman–Crippen MR) is 147 cm³/mol. The molecule has 0 unspecified atom stereocenters. The molecule has 0 N–H and O–H groups in total. The first-order valence-electron chi connectivity index (χ1n) is 13.8. The summed E-state index contributed by atoms with van der Waals surface area (Å²) in [6.07, 6.45) is 17.9. The molecule has 0 atom stereocenters. The third-order valence-corrected chi connectivity index (χ3v) is 6.81. The number of nitrogens with zero attached hydrogens (tertiary/aromatic N) is 2. The molecular weight excluding hydrogens is 412 g/mol. The highest BCUT2D eigenvalue weighted by molar-refractivity contribution is 5.83. The minimum Gasteiger partial charge on any atom is -0.155 e. The molecule has 2 aromatic carbocycles. The second-order valence-corrected chi connectivity index (χ2v) is 9.62. The molecule has 0 saturated heterocycles. The van der Waals surface area contributed by atoms with Gasteiger partial charge in [0.2, 0.25) is 0 Å². The van der Waals surface area contributed by atoms with Crippen LogP contribution in [0.25, 0.3) is 22.4 Å². The fraction of sp³-hybridized carbons (Fsp3) is 0.500. The van der Waals surface area contributed by atoms with Crippen LogP contribution in [-0.4, -0.2) is 10.2 Å². The Labute approximate surface area is 208 Å². The van der Waals surface area contributed by atoms with E-state index in [1.807, 2.05) is 0 Å². The number of unbranched alkanes of at least 4 members (excludes halogenated alkanes) is 10. The zero-order chi connectivity index (χ0) is 23.8. The highest BCUT2D eigenvalue weighted by Crippen LogP contribution is 2.35. The van der Waals surface area contributed by atoms with Crippen molar-refractivity contribution < 1.29 is 0 Å². The lowest BCUT2D eigenvalue weighted by Crippen LogP contribution is -2.07. The zero-order valence-corrected chi connectivity index (χ0v) is 21.6. The lowest BCUT2D eigenvalue weighted by atomic mass is 9.90. The maximum absolute atomic E-state index is 4.85.